The average molecular weight is 388 g/mol. The summed E-state index contributed by atoms with van der Waals surface area (Å²) in [5.74, 6) is 3.56. The van der Waals surface area contributed by atoms with E-state index in [1.807, 2.05) is 23.1 Å². The van der Waals surface area contributed by atoms with Crippen LogP contribution in [0.2, 0.25) is 0 Å². The van der Waals surface area contributed by atoms with Crippen molar-refractivity contribution in [3.05, 3.63) is 42.0 Å². The molecule has 1 fully saturated rings. The van der Waals surface area contributed by atoms with Gasteiger partial charge in [0.1, 0.15) is 16.9 Å². The van der Waals surface area contributed by atoms with Gasteiger partial charge in [0.25, 0.3) is 0 Å². The number of hydrogen-bond acceptors (Lipinski definition) is 6. The van der Waals surface area contributed by atoms with Gasteiger partial charge in [0.2, 0.25) is 6.79 Å². The lowest BCUT2D eigenvalue weighted by Crippen LogP contribution is -2.34. The highest BCUT2D eigenvalue weighted by molar-refractivity contribution is 7.99. The maximum Gasteiger partial charge on any atom is 0.323 e. The van der Waals surface area contributed by atoms with E-state index >= 15 is 0 Å². The summed E-state index contributed by atoms with van der Waals surface area (Å²) in [5, 5.41) is 2.87. The summed E-state index contributed by atoms with van der Waals surface area (Å²) in [7, 11) is 3.15. The highest BCUT2D eigenvalue weighted by atomic mass is 32.2. The Morgan fingerprint density at radius 2 is 1.85 bits per heavy atom. The highest BCUT2D eigenvalue weighted by Crippen LogP contribution is 2.42. The van der Waals surface area contributed by atoms with Gasteiger partial charge in [-0.15, -0.1) is 11.8 Å². The second kappa shape index (κ2) is 7.48. The molecule has 27 heavy (non-hydrogen) atoms. The third-order valence-electron chi connectivity index (χ3n) is 4.44. The normalized spacial score (nSPS) is 17.7. The van der Waals surface area contributed by atoms with Gasteiger partial charge in [-0.25, -0.2) is 4.79 Å². The Morgan fingerprint density at radius 1 is 1.11 bits per heavy atom. The Bertz CT molecular complexity index is 838. The molecule has 142 valence electrons. The minimum Gasteiger partial charge on any atom is -0.497 e. The zero-order valence-corrected chi connectivity index (χ0v) is 15.9. The number of rotatable bonds is 4. The molecule has 2 aliphatic rings. The molecule has 8 heteroatoms. The summed E-state index contributed by atoms with van der Waals surface area (Å²) in [6, 6.07) is 10.9. The number of amides is 2. The summed E-state index contributed by atoms with van der Waals surface area (Å²) in [6.07, 6.45) is 0. The topological polar surface area (TPSA) is 69.3 Å². The molecule has 2 heterocycles. The Balaban J connectivity index is 1.53. The fraction of sp³-hybridized carbons (Fsp3) is 0.316. The predicted octanol–water partition coefficient (Wildman–Crippen LogP) is 3.71. The quantitative estimate of drug-likeness (QED) is 0.861. The van der Waals surface area contributed by atoms with Crippen molar-refractivity contribution in [2.24, 2.45) is 0 Å². The van der Waals surface area contributed by atoms with Crippen molar-refractivity contribution >= 4 is 23.5 Å². The van der Waals surface area contributed by atoms with Crippen LogP contribution in [0.1, 0.15) is 10.9 Å². The third-order valence-corrected chi connectivity index (χ3v) is 5.70. The maximum absolute atomic E-state index is 12.9. The monoisotopic (exact) mass is 388 g/mol. The van der Waals surface area contributed by atoms with Crippen LogP contribution >= 0.6 is 11.8 Å². The summed E-state index contributed by atoms with van der Waals surface area (Å²) < 4.78 is 21.4. The van der Waals surface area contributed by atoms with E-state index < -0.39 is 0 Å². The number of nitrogens with one attached hydrogen (secondary N) is 1. The van der Waals surface area contributed by atoms with E-state index in [-0.39, 0.29) is 18.2 Å². The number of carbonyl (C=O) groups excluding carboxylic acids is 1. The first kappa shape index (κ1) is 17.7. The minimum atomic E-state index is -0.169. The van der Waals surface area contributed by atoms with E-state index in [4.69, 9.17) is 18.9 Å². The Hall–Kier alpha value is -2.74. The van der Waals surface area contributed by atoms with Crippen LogP contribution in [0.15, 0.2) is 36.4 Å². The van der Waals surface area contributed by atoms with Gasteiger partial charge in [-0.05, 0) is 17.7 Å². The van der Waals surface area contributed by atoms with Gasteiger partial charge in [-0.3, -0.25) is 0 Å². The van der Waals surface area contributed by atoms with Crippen LogP contribution in [0.4, 0.5) is 10.5 Å². The number of carbonyl (C=O) groups is 1. The molecule has 2 aromatic rings. The van der Waals surface area contributed by atoms with Crippen LogP contribution in [0.25, 0.3) is 0 Å². The van der Waals surface area contributed by atoms with Gasteiger partial charge >= 0.3 is 6.03 Å². The number of ether oxygens (including phenoxy) is 4. The SMILES string of the molecule is COc1cc(NC(=O)N2CCS[C@@H]2c2ccc3c(c2)OCO3)cc(OC)c1. The molecule has 0 radical (unpaired) electrons. The number of thioether (sulfide) groups is 1. The molecule has 1 saturated heterocycles. The van der Waals surface area contributed by atoms with Gasteiger partial charge in [-0.2, -0.15) is 0 Å². The molecular formula is C19H20N2O5S. The van der Waals surface area contributed by atoms with Crippen LogP contribution in [-0.4, -0.2) is 44.2 Å². The lowest BCUT2D eigenvalue weighted by atomic mass is 10.2. The fourth-order valence-electron chi connectivity index (χ4n) is 3.10. The number of nitrogens with zero attached hydrogens (tertiary/aromatic N) is 1. The first-order chi connectivity index (χ1) is 13.2. The highest BCUT2D eigenvalue weighted by Gasteiger charge is 2.32. The van der Waals surface area contributed by atoms with E-state index in [0.29, 0.717) is 23.7 Å². The number of hydrogen-bond donors (Lipinski definition) is 1. The van der Waals surface area contributed by atoms with Gasteiger partial charge in [0.15, 0.2) is 11.5 Å². The van der Waals surface area contributed by atoms with Crippen molar-refractivity contribution in [2.75, 3.05) is 38.6 Å². The van der Waals surface area contributed by atoms with Crippen molar-refractivity contribution < 1.29 is 23.7 Å². The summed E-state index contributed by atoms with van der Waals surface area (Å²) >= 11 is 1.72. The molecule has 0 bridgehead atoms. The number of benzene rings is 2. The maximum atomic E-state index is 12.9. The molecule has 2 aliphatic heterocycles. The summed E-state index contributed by atoms with van der Waals surface area (Å²) in [6.45, 7) is 0.898. The van der Waals surface area contributed by atoms with Crippen molar-refractivity contribution in [3.8, 4) is 23.0 Å². The lowest BCUT2D eigenvalue weighted by molar-refractivity contribution is 0.174. The lowest BCUT2D eigenvalue weighted by Gasteiger charge is -2.24. The first-order valence-electron chi connectivity index (χ1n) is 8.50. The molecule has 0 spiro atoms. The van der Waals surface area contributed by atoms with Crippen LogP contribution < -0.4 is 24.3 Å². The van der Waals surface area contributed by atoms with Crippen LogP contribution in [-0.2, 0) is 0 Å². The van der Waals surface area contributed by atoms with Crippen LogP contribution in [0, 0.1) is 0 Å². The van der Waals surface area contributed by atoms with Crippen LogP contribution in [0.5, 0.6) is 23.0 Å². The minimum absolute atomic E-state index is 0.0768. The van der Waals surface area contributed by atoms with Gasteiger partial charge < -0.3 is 29.2 Å². The van der Waals surface area contributed by atoms with Crippen molar-refractivity contribution in [1.82, 2.24) is 4.90 Å². The molecule has 0 unspecified atom stereocenters. The zero-order valence-electron chi connectivity index (χ0n) is 15.1. The second-order valence-corrected chi connectivity index (χ2v) is 7.25. The number of fused-ring (bicyclic) bond motifs is 1. The van der Waals surface area contributed by atoms with Gasteiger partial charge in [-0.1, -0.05) is 6.07 Å². The molecule has 2 aromatic carbocycles. The van der Waals surface area contributed by atoms with E-state index in [1.165, 1.54) is 0 Å². The molecular weight excluding hydrogens is 368 g/mol. The Labute approximate surface area is 161 Å². The van der Waals surface area contributed by atoms with Gasteiger partial charge in [0, 0.05) is 36.2 Å². The smallest absolute Gasteiger partial charge is 0.323 e. The summed E-state index contributed by atoms with van der Waals surface area (Å²) in [4.78, 5) is 14.7. The molecule has 0 saturated carbocycles. The average Bonchev–Trinajstić information content (AvgIpc) is 3.36. The van der Waals surface area contributed by atoms with E-state index in [0.717, 1.165) is 22.8 Å². The predicted molar refractivity (Wildman–Crippen MR) is 103 cm³/mol. The molecule has 4 rings (SSSR count). The standard InChI is InChI=1S/C19H20N2O5S/c1-23-14-8-13(9-15(10-14)24-2)20-19(22)21-5-6-27-18(21)12-3-4-16-17(7-12)26-11-25-16/h3-4,7-10,18H,5-6,11H2,1-2H3,(H,20,22)/t18-/m1/s1. The van der Waals surface area contributed by atoms with Crippen LogP contribution in [0.3, 0.4) is 0 Å². The Morgan fingerprint density at radius 3 is 2.59 bits per heavy atom. The van der Waals surface area contributed by atoms with Crippen molar-refractivity contribution in [1.29, 1.82) is 0 Å². The Kier molecular flexibility index (Phi) is 4.89. The van der Waals surface area contributed by atoms with Gasteiger partial charge in [0.05, 0.1) is 14.2 Å². The molecule has 7 nitrogen and oxygen atoms in total. The summed E-state index contributed by atoms with van der Waals surface area (Å²) in [5.41, 5.74) is 1.64. The third kappa shape index (κ3) is 3.57. The van der Waals surface area contributed by atoms with E-state index in [9.17, 15) is 4.79 Å². The molecule has 1 N–H and O–H groups in total. The zero-order chi connectivity index (χ0) is 18.8. The number of methoxy groups -OCH3 is 2. The number of urea groups is 1. The van der Waals surface area contributed by atoms with Crippen molar-refractivity contribution in [3.63, 3.8) is 0 Å². The second-order valence-electron chi connectivity index (χ2n) is 6.06. The van der Waals surface area contributed by atoms with E-state index in [1.54, 1.807) is 44.2 Å². The molecule has 0 aliphatic carbocycles. The fourth-order valence-corrected chi connectivity index (χ4v) is 4.34. The molecule has 1 atom stereocenters. The number of anilines is 1. The van der Waals surface area contributed by atoms with Crippen molar-refractivity contribution in [2.45, 2.75) is 5.37 Å². The first-order valence-corrected chi connectivity index (χ1v) is 9.54. The van der Waals surface area contributed by atoms with E-state index in [2.05, 4.69) is 5.32 Å². The molecule has 0 aromatic heterocycles. The molecule has 2 amide bonds. The largest absolute Gasteiger partial charge is 0.497 e.